The van der Waals surface area contributed by atoms with E-state index in [-0.39, 0.29) is 25.0 Å². The van der Waals surface area contributed by atoms with Crippen molar-refractivity contribution in [3.8, 4) is 0 Å². The highest BCUT2D eigenvalue weighted by Gasteiger charge is 2.26. The number of amides is 1. The lowest BCUT2D eigenvalue weighted by molar-refractivity contribution is -0.137. The van der Waals surface area contributed by atoms with Gasteiger partial charge in [-0.1, -0.05) is 12.1 Å². The second kappa shape index (κ2) is 7.15. The summed E-state index contributed by atoms with van der Waals surface area (Å²) in [6, 6.07) is 5.82. The molecule has 0 spiro atoms. The summed E-state index contributed by atoms with van der Waals surface area (Å²) < 4.78 is 5.32. The fourth-order valence-corrected chi connectivity index (χ4v) is 2.63. The van der Waals surface area contributed by atoms with Crippen LogP contribution in [0.5, 0.6) is 0 Å². The number of hydrogen-bond acceptors (Lipinski definition) is 4. The van der Waals surface area contributed by atoms with Crippen LogP contribution >= 0.6 is 0 Å². The molecule has 120 valence electrons. The first-order chi connectivity index (χ1) is 10.5. The Bertz CT molecular complexity index is 559. The van der Waals surface area contributed by atoms with Gasteiger partial charge in [0.1, 0.15) is 6.61 Å². The average molecular weight is 306 g/mol. The second-order valence-corrected chi connectivity index (χ2v) is 5.46. The molecule has 0 fully saturated rings. The van der Waals surface area contributed by atoms with E-state index < -0.39 is 5.97 Å². The van der Waals surface area contributed by atoms with Crippen LogP contribution in [-0.2, 0) is 16.1 Å². The van der Waals surface area contributed by atoms with E-state index in [1.807, 2.05) is 25.1 Å². The van der Waals surface area contributed by atoms with Gasteiger partial charge in [0.2, 0.25) is 0 Å². The molecule has 1 unspecified atom stereocenters. The number of fused-ring (bicyclic) bond motifs is 1. The Morgan fingerprint density at radius 1 is 1.45 bits per heavy atom. The molecule has 6 nitrogen and oxygen atoms in total. The number of nitrogens with zero attached hydrogens (tertiary/aromatic N) is 1. The molecule has 1 aliphatic rings. The number of carboxylic acid groups (broad SMARTS) is 1. The predicted molar refractivity (Wildman–Crippen MR) is 83.0 cm³/mol. The van der Waals surface area contributed by atoms with E-state index in [0.717, 1.165) is 23.4 Å². The molecule has 0 bridgehead atoms. The highest BCUT2D eigenvalue weighted by Crippen LogP contribution is 2.37. The largest absolute Gasteiger partial charge is 0.481 e. The van der Waals surface area contributed by atoms with Gasteiger partial charge in [-0.05, 0) is 30.5 Å². The van der Waals surface area contributed by atoms with Gasteiger partial charge in [0.05, 0.1) is 0 Å². The number of aliphatic carboxylic acids is 1. The van der Waals surface area contributed by atoms with Gasteiger partial charge in [0.25, 0.3) is 0 Å². The Kier molecular flexibility index (Phi) is 5.25. The van der Waals surface area contributed by atoms with E-state index in [2.05, 4.69) is 5.32 Å². The monoisotopic (exact) mass is 306 g/mol. The molecule has 1 heterocycles. The molecule has 1 atom stereocenters. The topological polar surface area (TPSA) is 78.9 Å². The Balaban J connectivity index is 2.08. The molecule has 0 saturated carbocycles. The zero-order valence-electron chi connectivity index (χ0n) is 13.0. The first-order valence-electron chi connectivity index (χ1n) is 7.48. The van der Waals surface area contributed by atoms with Crippen molar-refractivity contribution in [1.29, 1.82) is 0 Å². The van der Waals surface area contributed by atoms with Gasteiger partial charge in [-0.25, -0.2) is 4.79 Å². The van der Waals surface area contributed by atoms with E-state index in [0.29, 0.717) is 13.0 Å². The summed E-state index contributed by atoms with van der Waals surface area (Å²) >= 11 is 0. The maximum atomic E-state index is 11.8. The van der Waals surface area contributed by atoms with E-state index in [1.54, 1.807) is 7.05 Å². The lowest BCUT2D eigenvalue weighted by atomic mass is 9.92. The van der Waals surface area contributed by atoms with Gasteiger partial charge < -0.3 is 20.1 Å². The van der Waals surface area contributed by atoms with Crippen molar-refractivity contribution >= 4 is 17.7 Å². The maximum Gasteiger partial charge on any atom is 0.409 e. The van der Waals surface area contributed by atoms with Crippen molar-refractivity contribution in [2.24, 2.45) is 0 Å². The molecular weight excluding hydrogens is 284 g/mol. The van der Waals surface area contributed by atoms with Crippen LogP contribution in [0.3, 0.4) is 0 Å². The van der Waals surface area contributed by atoms with Gasteiger partial charge in [-0.2, -0.15) is 0 Å². The molecule has 1 aliphatic heterocycles. The number of nitrogens with one attached hydrogen (secondary N) is 1. The molecule has 2 rings (SSSR count). The zero-order valence-corrected chi connectivity index (χ0v) is 13.0. The van der Waals surface area contributed by atoms with Crippen LogP contribution in [0.25, 0.3) is 0 Å². The Morgan fingerprint density at radius 3 is 2.91 bits per heavy atom. The molecule has 0 radical (unpaired) electrons. The highest BCUT2D eigenvalue weighted by atomic mass is 16.6. The second-order valence-electron chi connectivity index (χ2n) is 5.46. The van der Waals surface area contributed by atoms with Crippen LogP contribution in [0.15, 0.2) is 18.2 Å². The number of anilines is 1. The van der Waals surface area contributed by atoms with Crippen molar-refractivity contribution < 1.29 is 19.4 Å². The summed E-state index contributed by atoms with van der Waals surface area (Å²) in [6.45, 7) is 3.40. The normalized spacial score (nSPS) is 15.8. The Labute approximate surface area is 130 Å². The summed E-state index contributed by atoms with van der Waals surface area (Å²) in [5, 5.41) is 12.2. The van der Waals surface area contributed by atoms with Crippen molar-refractivity contribution in [2.75, 3.05) is 25.5 Å². The van der Waals surface area contributed by atoms with Crippen LogP contribution in [-0.4, -0.2) is 42.2 Å². The summed E-state index contributed by atoms with van der Waals surface area (Å²) in [5.41, 5.74) is 3.03. The van der Waals surface area contributed by atoms with Crippen LogP contribution in [0.1, 0.15) is 36.8 Å². The summed E-state index contributed by atoms with van der Waals surface area (Å²) in [4.78, 5) is 24.0. The highest BCUT2D eigenvalue weighted by molar-refractivity contribution is 5.68. The summed E-state index contributed by atoms with van der Waals surface area (Å²) in [6.07, 6.45) is 0.362. The van der Waals surface area contributed by atoms with Gasteiger partial charge >= 0.3 is 12.1 Å². The molecule has 0 aliphatic carbocycles. The van der Waals surface area contributed by atoms with Crippen molar-refractivity contribution in [2.45, 2.75) is 32.3 Å². The maximum absolute atomic E-state index is 11.8. The first kappa shape index (κ1) is 16.1. The molecule has 1 amide bonds. The van der Waals surface area contributed by atoms with Gasteiger partial charge in [0.15, 0.2) is 0 Å². The number of hydrogen-bond donors (Lipinski definition) is 2. The standard InChI is InChI=1S/C16H22N2O4/c1-3-18(2)16(21)22-10-12-5-4-6-13-15(12)11(9-17-13)7-8-14(19)20/h4-6,11,17H,3,7-10H2,1-2H3,(H,19,20). The third-order valence-electron chi connectivity index (χ3n) is 3.99. The molecule has 0 saturated heterocycles. The molecular formula is C16H22N2O4. The van der Waals surface area contributed by atoms with Gasteiger partial charge in [-0.3, -0.25) is 4.79 Å². The average Bonchev–Trinajstić information content (AvgIpc) is 2.93. The third-order valence-corrected chi connectivity index (χ3v) is 3.99. The lowest BCUT2D eigenvalue weighted by Gasteiger charge is -2.17. The lowest BCUT2D eigenvalue weighted by Crippen LogP contribution is -2.27. The Morgan fingerprint density at radius 2 is 2.23 bits per heavy atom. The number of carbonyl (C=O) groups excluding carboxylic acids is 1. The van der Waals surface area contributed by atoms with Crippen molar-refractivity contribution in [1.82, 2.24) is 4.90 Å². The van der Waals surface area contributed by atoms with E-state index in [9.17, 15) is 9.59 Å². The smallest absolute Gasteiger partial charge is 0.409 e. The van der Waals surface area contributed by atoms with Crippen molar-refractivity contribution in [3.63, 3.8) is 0 Å². The SMILES string of the molecule is CCN(C)C(=O)OCc1cccc2c1C(CCC(=O)O)CN2. The number of rotatable bonds is 6. The third kappa shape index (κ3) is 3.69. The number of carbonyl (C=O) groups is 2. The first-order valence-corrected chi connectivity index (χ1v) is 7.48. The van der Waals surface area contributed by atoms with E-state index in [4.69, 9.17) is 9.84 Å². The van der Waals surface area contributed by atoms with Crippen LogP contribution in [0.4, 0.5) is 10.5 Å². The predicted octanol–water partition coefficient (Wildman–Crippen LogP) is 2.65. The zero-order chi connectivity index (χ0) is 16.1. The quantitative estimate of drug-likeness (QED) is 0.844. The molecule has 6 heteroatoms. The summed E-state index contributed by atoms with van der Waals surface area (Å²) in [5.74, 6) is -0.646. The van der Waals surface area contributed by atoms with Gasteiger partial charge in [-0.15, -0.1) is 0 Å². The van der Waals surface area contributed by atoms with E-state index in [1.165, 1.54) is 4.90 Å². The number of benzene rings is 1. The summed E-state index contributed by atoms with van der Waals surface area (Å²) in [7, 11) is 1.69. The van der Waals surface area contributed by atoms with Crippen LogP contribution < -0.4 is 5.32 Å². The Hall–Kier alpha value is -2.24. The van der Waals surface area contributed by atoms with Crippen LogP contribution in [0.2, 0.25) is 0 Å². The number of ether oxygens (including phenoxy) is 1. The number of carboxylic acids is 1. The van der Waals surface area contributed by atoms with Crippen LogP contribution in [0, 0.1) is 0 Å². The van der Waals surface area contributed by atoms with Crippen molar-refractivity contribution in [3.05, 3.63) is 29.3 Å². The minimum Gasteiger partial charge on any atom is -0.481 e. The molecule has 1 aromatic rings. The minimum atomic E-state index is -0.790. The molecule has 2 N–H and O–H groups in total. The van der Waals surface area contributed by atoms with Gasteiger partial charge in [0, 0.05) is 38.2 Å². The molecule has 1 aromatic carbocycles. The fraction of sp³-hybridized carbons (Fsp3) is 0.500. The molecule has 22 heavy (non-hydrogen) atoms. The molecule has 0 aromatic heterocycles. The minimum absolute atomic E-state index is 0.137. The van der Waals surface area contributed by atoms with E-state index >= 15 is 0 Å². The fourth-order valence-electron chi connectivity index (χ4n) is 2.63.